The SMILES string of the molecule is O=C1NC(Cc2ccccc2)CN(Cc2cnc[nH]2)c2ccc(Br)cc21. The van der Waals surface area contributed by atoms with Crippen LogP contribution in [0.15, 0.2) is 65.5 Å². The van der Waals surface area contributed by atoms with Crippen LogP contribution in [0.5, 0.6) is 0 Å². The zero-order valence-corrected chi connectivity index (χ0v) is 15.7. The van der Waals surface area contributed by atoms with Gasteiger partial charge in [0.05, 0.1) is 35.9 Å². The standard InChI is InChI=1S/C20H19BrN4O/c21-15-6-7-19-18(9-15)20(26)24-16(8-14-4-2-1-3-5-14)11-25(19)12-17-10-22-13-23-17/h1-7,9-10,13,16H,8,11-12H2,(H,22,23)(H,24,26). The van der Waals surface area contributed by atoms with Crippen LogP contribution in [0, 0.1) is 0 Å². The van der Waals surface area contributed by atoms with Gasteiger partial charge in [0.1, 0.15) is 0 Å². The molecule has 2 heterocycles. The Hall–Kier alpha value is -2.60. The first-order valence-electron chi connectivity index (χ1n) is 8.55. The third-order valence-corrected chi connectivity index (χ3v) is 5.05. The summed E-state index contributed by atoms with van der Waals surface area (Å²) in [4.78, 5) is 22.3. The molecule has 26 heavy (non-hydrogen) atoms. The van der Waals surface area contributed by atoms with Gasteiger partial charge >= 0.3 is 0 Å². The van der Waals surface area contributed by atoms with E-state index in [0.717, 1.165) is 28.8 Å². The highest BCUT2D eigenvalue weighted by Crippen LogP contribution is 2.28. The minimum atomic E-state index is -0.0330. The van der Waals surface area contributed by atoms with Crippen molar-refractivity contribution in [2.75, 3.05) is 11.4 Å². The molecule has 0 bridgehead atoms. The molecular formula is C20H19BrN4O. The van der Waals surface area contributed by atoms with Gasteiger partial charge in [-0.3, -0.25) is 4.79 Å². The van der Waals surface area contributed by atoms with Crippen LogP contribution in [0.25, 0.3) is 0 Å². The van der Waals surface area contributed by atoms with Crippen molar-refractivity contribution in [1.82, 2.24) is 15.3 Å². The van der Waals surface area contributed by atoms with E-state index in [2.05, 4.69) is 48.2 Å². The monoisotopic (exact) mass is 410 g/mol. The molecular weight excluding hydrogens is 392 g/mol. The summed E-state index contributed by atoms with van der Waals surface area (Å²) in [7, 11) is 0. The van der Waals surface area contributed by atoms with Gasteiger partial charge in [-0.05, 0) is 30.2 Å². The van der Waals surface area contributed by atoms with Gasteiger partial charge in [0.25, 0.3) is 5.91 Å². The number of hydrogen-bond acceptors (Lipinski definition) is 3. The average Bonchev–Trinajstić information content (AvgIpc) is 3.11. The molecule has 0 aliphatic carbocycles. The van der Waals surface area contributed by atoms with Crippen molar-refractivity contribution in [1.29, 1.82) is 0 Å². The van der Waals surface area contributed by atoms with Crippen molar-refractivity contribution >= 4 is 27.5 Å². The first-order chi connectivity index (χ1) is 12.7. The molecule has 0 saturated heterocycles. The number of hydrogen-bond donors (Lipinski definition) is 2. The number of amides is 1. The van der Waals surface area contributed by atoms with Crippen LogP contribution >= 0.6 is 15.9 Å². The highest BCUT2D eigenvalue weighted by Gasteiger charge is 2.27. The molecule has 5 nitrogen and oxygen atoms in total. The first kappa shape index (κ1) is 16.8. The number of fused-ring (bicyclic) bond motifs is 1. The molecule has 0 fully saturated rings. The summed E-state index contributed by atoms with van der Waals surface area (Å²) in [5.41, 5.74) is 3.86. The van der Waals surface area contributed by atoms with Gasteiger partial charge in [-0.1, -0.05) is 46.3 Å². The second kappa shape index (κ2) is 7.33. The van der Waals surface area contributed by atoms with Crippen LogP contribution in [0.2, 0.25) is 0 Å². The molecule has 132 valence electrons. The molecule has 1 amide bonds. The number of anilines is 1. The third kappa shape index (κ3) is 3.65. The molecule has 0 radical (unpaired) electrons. The summed E-state index contributed by atoms with van der Waals surface area (Å²) in [5.74, 6) is -0.0330. The number of benzene rings is 2. The molecule has 0 saturated carbocycles. The number of aromatic nitrogens is 2. The normalized spacial score (nSPS) is 16.7. The number of carbonyl (C=O) groups is 1. The van der Waals surface area contributed by atoms with E-state index in [1.807, 2.05) is 42.6 Å². The summed E-state index contributed by atoms with van der Waals surface area (Å²) in [6.07, 6.45) is 4.30. The van der Waals surface area contributed by atoms with E-state index in [9.17, 15) is 4.79 Å². The van der Waals surface area contributed by atoms with Crippen LogP contribution in [0.3, 0.4) is 0 Å². The minimum Gasteiger partial charge on any atom is -0.363 e. The minimum absolute atomic E-state index is 0.0268. The molecule has 0 spiro atoms. The number of rotatable bonds is 4. The Morgan fingerprint density at radius 3 is 2.81 bits per heavy atom. The van der Waals surface area contributed by atoms with E-state index in [1.54, 1.807) is 6.33 Å². The van der Waals surface area contributed by atoms with Crippen LogP contribution in [-0.2, 0) is 13.0 Å². The van der Waals surface area contributed by atoms with Crippen LogP contribution < -0.4 is 10.2 Å². The molecule has 1 unspecified atom stereocenters. The summed E-state index contributed by atoms with van der Waals surface area (Å²) in [5, 5.41) is 3.19. The van der Waals surface area contributed by atoms with Crippen LogP contribution in [-0.4, -0.2) is 28.5 Å². The molecule has 2 N–H and O–H groups in total. The Balaban J connectivity index is 1.66. The number of nitrogens with zero attached hydrogens (tertiary/aromatic N) is 2. The lowest BCUT2D eigenvalue weighted by Crippen LogP contribution is -2.41. The fourth-order valence-electron chi connectivity index (χ4n) is 3.38. The predicted octanol–water partition coefficient (Wildman–Crippen LogP) is 3.53. The lowest BCUT2D eigenvalue weighted by Gasteiger charge is -2.27. The first-order valence-corrected chi connectivity index (χ1v) is 9.35. The van der Waals surface area contributed by atoms with Gasteiger partial charge in [-0.25, -0.2) is 4.98 Å². The highest BCUT2D eigenvalue weighted by atomic mass is 79.9. The molecule has 4 rings (SSSR count). The van der Waals surface area contributed by atoms with Crippen molar-refractivity contribution in [2.45, 2.75) is 19.0 Å². The maximum atomic E-state index is 12.8. The Morgan fingerprint density at radius 2 is 2.04 bits per heavy atom. The fraction of sp³-hybridized carbons (Fsp3) is 0.200. The van der Waals surface area contributed by atoms with E-state index in [4.69, 9.17) is 0 Å². The van der Waals surface area contributed by atoms with Crippen molar-refractivity contribution in [3.05, 3.63) is 82.3 Å². The summed E-state index contributed by atoms with van der Waals surface area (Å²) in [6, 6.07) is 16.1. The van der Waals surface area contributed by atoms with Gasteiger partial charge < -0.3 is 15.2 Å². The molecule has 2 aromatic carbocycles. The zero-order valence-electron chi connectivity index (χ0n) is 14.2. The Labute approximate surface area is 160 Å². The zero-order chi connectivity index (χ0) is 17.9. The topological polar surface area (TPSA) is 61.0 Å². The fourth-order valence-corrected chi connectivity index (χ4v) is 3.74. The van der Waals surface area contributed by atoms with Gasteiger partial charge in [-0.15, -0.1) is 0 Å². The van der Waals surface area contributed by atoms with Gasteiger partial charge in [-0.2, -0.15) is 0 Å². The number of H-pyrrole nitrogens is 1. The van der Waals surface area contributed by atoms with Crippen molar-refractivity contribution < 1.29 is 4.79 Å². The molecule has 1 aliphatic heterocycles. The van der Waals surface area contributed by atoms with E-state index >= 15 is 0 Å². The van der Waals surface area contributed by atoms with Crippen molar-refractivity contribution in [3.63, 3.8) is 0 Å². The number of nitrogens with one attached hydrogen (secondary N) is 2. The molecule has 6 heteroatoms. The third-order valence-electron chi connectivity index (χ3n) is 4.56. The molecule has 1 aliphatic rings. The average molecular weight is 411 g/mol. The molecule has 1 atom stereocenters. The maximum absolute atomic E-state index is 12.8. The van der Waals surface area contributed by atoms with Crippen molar-refractivity contribution in [3.8, 4) is 0 Å². The van der Waals surface area contributed by atoms with Crippen LogP contribution in [0.4, 0.5) is 5.69 Å². The predicted molar refractivity (Wildman–Crippen MR) is 105 cm³/mol. The number of aromatic amines is 1. The Morgan fingerprint density at radius 1 is 1.19 bits per heavy atom. The summed E-state index contributed by atoms with van der Waals surface area (Å²) in [6.45, 7) is 1.41. The smallest absolute Gasteiger partial charge is 0.253 e. The lowest BCUT2D eigenvalue weighted by molar-refractivity contribution is 0.0942. The largest absolute Gasteiger partial charge is 0.363 e. The van der Waals surface area contributed by atoms with Gasteiger partial charge in [0.2, 0.25) is 0 Å². The van der Waals surface area contributed by atoms with Gasteiger partial charge in [0.15, 0.2) is 0 Å². The number of carbonyl (C=O) groups excluding carboxylic acids is 1. The van der Waals surface area contributed by atoms with E-state index < -0.39 is 0 Å². The van der Waals surface area contributed by atoms with Gasteiger partial charge in [0, 0.05) is 17.2 Å². The number of imidazole rings is 1. The molecule has 1 aromatic heterocycles. The second-order valence-corrected chi connectivity index (χ2v) is 7.39. The molecule has 3 aromatic rings. The lowest BCUT2D eigenvalue weighted by atomic mass is 10.1. The van der Waals surface area contributed by atoms with E-state index in [0.29, 0.717) is 12.1 Å². The Kier molecular flexibility index (Phi) is 4.75. The van der Waals surface area contributed by atoms with E-state index in [-0.39, 0.29) is 11.9 Å². The quantitative estimate of drug-likeness (QED) is 0.691. The van der Waals surface area contributed by atoms with Crippen molar-refractivity contribution in [2.24, 2.45) is 0 Å². The second-order valence-electron chi connectivity index (χ2n) is 6.48. The summed E-state index contributed by atoms with van der Waals surface area (Å²) >= 11 is 3.48. The summed E-state index contributed by atoms with van der Waals surface area (Å²) < 4.78 is 0.898. The highest BCUT2D eigenvalue weighted by molar-refractivity contribution is 9.10. The number of halogens is 1. The maximum Gasteiger partial charge on any atom is 0.253 e. The van der Waals surface area contributed by atoms with Crippen LogP contribution in [0.1, 0.15) is 21.6 Å². The van der Waals surface area contributed by atoms with E-state index in [1.165, 1.54) is 5.56 Å². The Bertz CT molecular complexity index is 895.